The minimum absolute atomic E-state index is 0. The highest BCUT2D eigenvalue weighted by Crippen LogP contribution is 2.06. The predicted molar refractivity (Wildman–Crippen MR) is 48.6 cm³/mol. The fourth-order valence-corrected chi connectivity index (χ4v) is 0.596. The Kier molecular flexibility index (Phi) is 20.6. The van der Waals surface area contributed by atoms with E-state index in [1.807, 2.05) is 4.31 Å². The van der Waals surface area contributed by atoms with E-state index in [4.69, 9.17) is 0 Å². The molecule has 5 heteroatoms. The standard InChI is InChI=1S/C6H15NS.3FH/c1-5(2)7(8)6(3)4;;;/h5-6,8H,1-4H3;3*1H. The van der Waals surface area contributed by atoms with Crippen LogP contribution in [-0.4, -0.2) is 16.4 Å². The molecule has 0 atom stereocenters. The van der Waals surface area contributed by atoms with E-state index in [0.29, 0.717) is 12.1 Å². The van der Waals surface area contributed by atoms with Crippen LogP contribution in [0.2, 0.25) is 0 Å². The van der Waals surface area contributed by atoms with Crippen LogP contribution in [0.1, 0.15) is 27.7 Å². The largest absolute Gasteiger partial charge is 0.269 e. The lowest BCUT2D eigenvalue weighted by molar-refractivity contribution is 0.340. The molecule has 0 saturated carbocycles. The molecule has 0 radical (unpaired) electrons. The Morgan fingerprint density at radius 1 is 0.818 bits per heavy atom. The maximum Gasteiger partial charge on any atom is 0.0146 e. The molecule has 0 N–H and O–H groups in total. The summed E-state index contributed by atoms with van der Waals surface area (Å²) in [6.45, 7) is 8.53. The van der Waals surface area contributed by atoms with Gasteiger partial charge in [-0.1, -0.05) is 12.8 Å². The minimum Gasteiger partial charge on any atom is -0.269 e. The van der Waals surface area contributed by atoms with Gasteiger partial charge in [-0.2, -0.15) is 0 Å². The van der Waals surface area contributed by atoms with Gasteiger partial charge in [0, 0.05) is 12.1 Å². The van der Waals surface area contributed by atoms with Crippen molar-refractivity contribution in [2.75, 3.05) is 0 Å². The second kappa shape index (κ2) is 10.1. The molecule has 1 nitrogen and oxygen atoms in total. The van der Waals surface area contributed by atoms with E-state index in [0.717, 1.165) is 0 Å². The lowest BCUT2D eigenvalue weighted by atomic mass is 10.3. The molecule has 0 bridgehead atoms. The molecule has 0 aliphatic rings. The summed E-state index contributed by atoms with van der Waals surface area (Å²) in [6, 6.07) is 1.08. The number of halogens is 3. The Labute approximate surface area is 71.8 Å². The fraction of sp³-hybridized carbons (Fsp3) is 1.00. The van der Waals surface area contributed by atoms with Crippen LogP contribution in [0, 0.1) is 0 Å². The van der Waals surface area contributed by atoms with Crippen LogP contribution in [0.15, 0.2) is 0 Å². The topological polar surface area (TPSA) is 3.24 Å². The second-order valence-electron chi connectivity index (χ2n) is 2.57. The molecular formula is C6H18F3NS. The Balaban J connectivity index is -0.0000000817. The summed E-state index contributed by atoms with van der Waals surface area (Å²) in [5, 5.41) is 0. The number of thiol groups is 1. The number of nitrogens with zero attached hydrogens (tertiary/aromatic N) is 1. The zero-order valence-corrected chi connectivity index (χ0v) is 8.17. The van der Waals surface area contributed by atoms with Crippen molar-refractivity contribution < 1.29 is 14.1 Å². The van der Waals surface area contributed by atoms with Crippen LogP contribution in [0.25, 0.3) is 0 Å². The minimum atomic E-state index is 0. The van der Waals surface area contributed by atoms with Gasteiger partial charge in [-0.3, -0.25) is 14.1 Å². The Hall–Kier alpha value is 0.100. The van der Waals surface area contributed by atoms with Gasteiger partial charge in [0.05, 0.1) is 0 Å². The summed E-state index contributed by atoms with van der Waals surface area (Å²) in [4.78, 5) is 0. The van der Waals surface area contributed by atoms with Crippen molar-refractivity contribution in [3.05, 3.63) is 0 Å². The first-order valence-electron chi connectivity index (χ1n) is 3.03. The smallest absolute Gasteiger partial charge is 0.0146 e. The molecule has 0 spiro atoms. The maximum absolute atomic E-state index is 4.25. The van der Waals surface area contributed by atoms with Gasteiger partial charge in [-0.25, -0.2) is 4.31 Å². The van der Waals surface area contributed by atoms with Crippen molar-refractivity contribution >= 4 is 12.8 Å². The van der Waals surface area contributed by atoms with E-state index < -0.39 is 0 Å². The molecule has 0 aromatic carbocycles. The molecule has 0 fully saturated rings. The van der Waals surface area contributed by atoms with Crippen molar-refractivity contribution in [2.45, 2.75) is 39.8 Å². The van der Waals surface area contributed by atoms with Crippen LogP contribution in [0.3, 0.4) is 0 Å². The summed E-state index contributed by atoms with van der Waals surface area (Å²) >= 11 is 4.25. The first kappa shape index (κ1) is 22.5. The molecule has 11 heavy (non-hydrogen) atoms. The van der Waals surface area contributed by atoms with Gasteiger partial charge in [0.15, 0.2) is 0 Å². The molecule has 0 heterocycles. The first-order valence-corrected chi connectivity index (χ1v) is 3.43. The first-order chi connectivity index (χ1) is 3.55. The van der Waals surface area contributed by atoms with E-state index in [1.54, 1.807) is 0 Å². The zero-order chi connectivity index (χ0) is 6.73. The molecule has 0 unspecified atom stereocenters. The number of hydrogen-bond acceptors (Lipinski definition) is 2. The quantitative estimate of drug-likeness (QED) is 0.659. The molecule has 0 aliphatic carbocycles. The van der Waals surface area contributed by atoms with Crippen LogP contribution in [-0.2, 0) is 0 Å². The van der Waals surface area contributed by atoms with E-state index in [2.05, 4.69) is 40.5 Å². The zero-order valence-electron chi connectivity index (χ0n) is 7.27. The molecule has 0 aromatic heterocycles. The number of rotatable bonds is 2. The summed E-state index contributed by atoms with van der Waals surface area (Å²) in [5.74, 6) is 0. The molecule has 0 rings (SSSR count). The van der Waals surface area contributed by atoms with E-state index in [-0.39, 0.29) is 14.1 Å². The van der Waals surface area contributed by atoms with Crippen LogP contribution >= 0.6 is 12.8 Å². The molecular weight excluding hydrogens is 175 g/mol. The van der Waals surface area contributed by atoms with Gasteiger partial charge < -0.3 is 0 Å². The van der Waals surface area contributed by atoms with Crippen LogP contribution < -0.4 is 0 Å². The van der Waals surface area contributed by atoms with Gasteiger partial charge in [-0.05, 0) is 27.7 Å². The van der Waals surface area contributed by atoms with Crippen molar-refractivity contribution in [1.82, 2.24) is 4.31 Å². The highest BCUT2D eigenvalue weighted by atomic mass is 32.1. The normalized spacial score (nSPS) is 8.73. The van der Waals surface area contributed by atoms with Gasteiger partial charge in [0.2, 0.25) is 0 Å². The third-order valence-corrected chi connectivity index (χ3v) is 1.98. The monoisotopic (exact) mass is 193 g/mol. The Morgan fingerprint density at radius 3 is 1.00 bits per heavy atom. The van der Waals surface area contributed by atoms with Gasteiger partial charge >= 0.3 is 0 Å². The maximum atomic E-state index is 4.25. The third-order valence-electron chi connectivity index (χ3n) is 1.06. The lowest BCUT2D eigenvalue weighted by Gasteiger charge is -2.23. The molecule has 74 valence electrons. The third kappa shape index (κ3) is 10.1. The second-order valence-corrected chi connectivity index (χ2v) is 3.03. The highest BCUT2D eigenvalue weighted by molar-refractivity contribution is 7.77. The van der Waals surface area contributed by atoms with E-state index in [1.165, 1.54) is 0 Å². The molecule has 0 amide bonds. The SMILES string of the molecule is CC(C)N(S)C(C)C.F.F.F. The molecule has 0 saturated heterocycles. The lowest BCUT2D eigenvalue weighted by Crippen LogP contribution is -2.27. The van der Waals surface area contributed by atoms with Gasteiger partial charge in [-0.15, -0.1) is 0 Å². The summed E-state index contributed by atoms with van der Waals surface area (Å²) in [7, 11) is 0. The molecule has 0 aliphatic heterocycles. The summed E-state index contributed by atoms with van der Waals surface area (Å²) < 4.78 is 2.03. The fourth-order valence-electron chi connectivity index (χ4n) is 0.596. The van der Waals surface area contributed by atoms with Crippen LogP contribution in [0.5, 0.6) is 0 Å². The van der Waals surface area contributed by atoms with E-state index in [9.17, 15) is 0 Å². The summed E-state index contributed by atoms with van der Waals surface area (Å²) in [5.41, 5.74) is 0. The van der Waals surface area contributed by atoms with Crippen molar-refractivity contribution in [3.8, 4) is 0 Å². The highest BCUT2D eigenvalue weighted by Gasteiger charge is 2.06. The number of hydrogen-bond donors (Lipinski definition) is 1. The van der Waals surface area contributed by atoms with Crippen molar-refractivity contribution in [1.29, 1.82) is 0 Å². The van der Waals surface area contributed by atoms with Gasteiger partial charge in [0.25, 0.3) is 0 Å². The average Bonchev–Trinajstić information content (AvgIpc) is 1.64. The Morgan fingerprint density at radius 2 is 1.00 bits per heavy atom. The van der Waals surface area contributed by atoms with Gasteiger partial charge in [0.1, 0.15) is 0 Å². The van der Waals surface area contributed by atoms with Crippen LogP contribution in [0.4, 0.5) is 14.1 Å². The van der Waals surface area contributed by atoms with Crippen molar-refractivity contribution in [3.63, 3.8) is 0 Å². The van der Waals surface area contributed by atoms with E-state index >= 15 is 0 Å². The Bertz CT molecular complexity index is 62.8. The average molecular weight is 193 g/mol. The predicted octanol–water partition coefficient (Wildman–Crippen LogP) is 2.41. The van der Waals surface area contributed by atoms with Crippen molar-refractivity contribution in [2.24, 2.45) is 0 Å². The summed E-state index contributed by atoms with van der Waals surface area (Å²) in [6.07, 6.45) is 0. The molecule has 0 aromatic rings.